The van der Waals surface area contributed by atoms with Crippen LogP contribution in [-0.2, 0) is 26.2 Å². The fraction of sp³-hybridized carbons (Fsp3) is 0.440. The molecule has 1 unspecified atom stereocenters. The van der Waals surface area contributed by atoms with Gasteiger partial charge in [0.25, 0.3) is 0 Å². The fourth-order valence-electron chi connectivity index (χ4n) is 3.80. The van der Waals surface area contributed by atoms with Crippen LogP contribution in [0.25, 0.3) is 0 Å². The molecule has 0 heterocycles. The Balaban J connectivity index is 2.46. The normalized spacial score (nSPS) is 12.4. The second-order valence-electron chi connectivity index (χ2n) is 8.85. The third-order valence-corrected chi connectivity index (χ3v) is 6.40. The van der Waals surface area contributed by atoms with E-state index in [-0.39, 0.29) is 18.5 Å². The van der Waals surface area contributed by atoms with Crippen molar-refractivity contribution in [2.24, 2.45) is 0 Å². The largest absolute Gasteiger partial charge is 0.352 e. The first-order valence-corrected chi connectivity index (χ1v) is 13.1. The molecule has 0 aromatic heterocycles. The van der Waals surface area contributed by atoms with Crippen LogP contribution in [0.1, 0.15) is 43.9 Å². The number of hydrogen-bond donors (Lipinski definition) is 1. The lowest BCUT2D eigenvalue weighted by molar-refractivity contribution is -0.140. The molecule has 0 aliphatic carbocycles. The van der Waals surface area contributed by atoms with E-state index >= 15 is 0 Å². The number of benzene rings is 2. The zero-order valence-corrected chi connectivity index (χ0v) is 21.4. The molecule has 0 aliphatic heterocycles. The number of anilines is 1. The highest BCUT2D eigenvalue weighted by Gasteiger charge is 2.32. The quantitative estimate of drug-likeness (QED) is 0.551. The van der Waals surface area contributed by atoms with Gasteiger partial charge >= 0.3 is 0 Å². The maximum Gasteiger partial charge on any atom is 0.244 e. The number of carbonyl (C=O) groups is 2. The SMILES string of the molecule is CCC(C(=O)NC(C)C)N(Cc1ccc(F)cc1)C(=O)CN(c1cc(C)cc(C)c1)S(C)(=O)=O. The van der Waals surface area contributed by atoms with E-state index in [0.717, 1.165) is 21.7 Å². The zero-order valence-electron chi connectivity index (χ0n) is 20.6. The van der Waals surface area contributed by atoms with Crippen LogP contribution in [0.2, 0.25) is 0 Å². The average Bonchev–Trinajstić information content (AvgIpc) is 2.71. The summed E-state index contributed by atoms with van der Waals surface area (Å²) in [6, 6.07) is 10.0. The third kappa shape index (κ3) is 7.55. The number of halogens is 1. The van der Waals surface area contributed by atoms with E-state index in [0.29, 0.717) is 17.7 Å². The summed E-state index contributed by atoms with van der Waals surface area (Å²) in [7, 11) is -3.79. The summed E-state index contributed by atoms with van der Waals surface area (Å²) in [5.41, 5.74) is 2.74. The first-order valence-electron chi connectivity index (χ1n) is 11.2. The van der Waals surface area contributed by atoms with E-state index in [2.05, 4.69) is 5.32 Å². The molecule has 0 saturated carbocycles. The minimum Gasteiger partial charge on any atom is -0.352 e. The molecule has 2 rings (SSSR count). The second-order valence-corrected chi connectivity index (χ2v) is 10.8. The van der Waals surface area contributed by atoms with Crippen LogP contribution in [-0.4, -0.2) is 50.0 Å². The summed E-state index contributed by atoms with van der Waals surface area (Å²) >= 11 is 0. The molecule has 1 atom stereocenters. The van der Waals surface area contributed by atoms with Gasteiger partial charge in [-0.15, -0.1) is 0 Å². The average molecular weight is 492 g/mol. The van der Waals surface area contributed by atoms with E-state index in [1.54, 1.807) is 31.2 Å². The number of sulfonamides is 1. The second kappa shape index (κ2) is 11.5. The van der Waals surface area contributed by atoms with Crippen molar-refractivity contribution in [2.75, 3.05) is 17.1 Å². The van der Waals surface area contributed by atoms with Crippen molar-refractivity contribution in [3.8, 4) is 0 Å². The molecule has 1 N–H and O–H groups in total. The Kier molecular flexibility index (Phi) is 9.21. The summed E-state index contributed by atoms with van der Waals surface area (Å²) in [4.78, 5) is 27.9. The van der Waals surface area contributed by atoms with Crippen molar-refractivity contribution >= 4 is 27.5 Å². The standard InChI is InChI=1S/C25H34FN3O4S/c1-7-23(25(31)27-17(2)3)28(15-20-8-10-21(26)11-9-20)24(30)16-29(34(6,32)33)22-13-18(4)12-19(5)14-22/h8-14,17,23H,7,15-16H2,1-6H3,(H,27,31). The molecule has 2 aromatic carbocycles. The van der Waals surface area contributed by atoms with Crippen LogP contribution in [0.3, 0.4) is 0 Å². The lowest BCUT2D eigenvalue weighted by Gasteiger charge is -2.33. The summed E-state index contributed by atoms with van der Waals surface area (Å²) < 4.78 is 39.8. The van der Waals surface area contributed by atoms with Gasteiger partial charge in [0.1, 0.15) is 18.4 Å². The highest BCUT2D eigenvalue weighted by atomic mass is 32.2. The predicted molar refractivity (Wildman–Crippen MR) is 132 cm³/mol. The number of hydrogen-bond acceptors (Lipinski definition) is 4. The van der Waals surface area contributed by atoms with Crippen molar-refractivity contribution in [3.63, 3.8) is 0 Å². The minimum atomic E-state index is -3.79. The Labute approximate surface area is 202 Å². The van der Waals surface area contributed by atoms with Crippen molar-refractivity contribution in [2.45, 2.75) is 59.7 Å². The Morgan fingerprint density at radius 1 is 1.03 bits per heavy atom. The van der Waals surface area contributed by atoms with Gasteiger partial charge in [0.2, 0.25) is 21.8 Å². The Hall–Kier alpha value is -2.94. The number of nitrogens with zero attached hydrogens (tertiary/aromatic N) is 2. The monoisotopic (exact) mass is 491 g/mol. The van der Waals surface area contributed by atoms with Crippen LogP contribution in [0.5, 0.6) is 0 Å². The molecular formula is C25H34FN3O4S. The molecule has 0 radical (unpaired) electrons. The third-order valence-electron chi connectivity index (χ3n) is 5.26. The molecule has 0 spiro atoms. The smallest absolute Gasteiger partial charge is 0.244 e. The van der Waals surface area contributed by atoms with Gasteiger partial charge in [0, 0.05) is 12.6 Å². The number of nitrogens with one attached hydrogen (secondary N) is 1. The van der Waals surface area contributed by atoms with E-state index in [9.17, 15) is 22.4 Å². The van der Waals surface area contributed by atoms with Gasteiger partial charge in [0.15, 0.2) is 0 Å². The summed E-state index contributed by atoms with van der Waals surface area (Å²) in [6.45, 7) is 8.70. The Bertz CT molecular complexity index is 1100. The van der Waals surface area contributed by atoms with Gasteiger partial charge in [-0.3, -0.25) is 13.9 Å². The molecule has 0 bridgehead atoms. The first-order chi connectivity index (χ1) is 15.8. The van der Waals surface area contributed by atoms with Gasteiger partial charge < -0.3 is 10.2 Å². The van der Waals surface area contributed by atoms with Gasteiger partial charge in [-0.2, -0.15) is 0 Å². The Morgan fingerprint density at radius 3 is 2.06 bits per heavy atom. The molecule has 0 aliphatic rings. The van der Waals surface area contributed by atoms with Crippen LogP contribution in [0.4, 0.5) is 10.1 Å². The molecule has 9 heteroatoms. The highest BCUT2D eigenvalue weighted by Crippen LogP contribution is 2.22. The minimum absolute atomic E-state index is 0.0353. The fourth-order valence-corrected chi connectivity index (χ4v) is 4.63. The molecule has 2 amide bonds. The van der Waals surface area contributed by atoms with Crippen molar-refractivity contribution in [1.29, 1.82) is 0 Å². The van der Waals surface area contributed by atoms with Gasteiger partial charge in [0.05, 0.1) is 11.9 Å². The summed E-state index contributed by atoms with van der Waals surface area (Å²) in [5.74, 6) is -1.27. The molecule has 2 aromatic rings. The summed E-state index contributed by atoms with van der Waals surface area (Å²) in [6.07, 6.45) is 1.37. The Morgan fingerprint density at radius 2 is 1.59 bits per heavy atom. The zero-order chi connectivity index (χ0) is 25.6. The lowest BCUT2D eigenvalue weighted by Crippen LogP contribution is -2.53. The number of rotatable bonds is 10. The van der Waals surface area contributed by atoms with Crippen molar-refractivity contribution < 1.29 is 22.4 Å². The van der Waals surface area contributed by atoms with Crippen molar-refractivity contribution in [1.82, 2.24) is 10.2 Å². The predicted octanol–water partition coefficient (Wildman–Crippen LogP) is 3.54. The van der Waals surface area contributed by atoms with E-state index in [4.69, 9.17) is 0 Å². The van der Waals surface area contributed by atoms with Gasteiger partial charge in [-0.05, 0) is 75.1 Å². The van der Waals surface area contributed by atoms with Crippen LogP contribution >= 0.6 is 0 Å². The highest BCUT2D eigenvalue weighted by molar-refractivity contribution is 7.92. The number of amides is 2. The van der Waals surface area contributed by atoms with Gasteiger partial charge in [-0.25, -0.2) is 12.8 Å². The van der Waals surface area contributed by atoms with Crippen LogP contribution in [0.15, 0.2) is 42.5 Å². The van der Waals surface area contributed by atoms with E-state index in [1.165, 1.54) is 17.0 Å². The number of carbonyl (C=O) groups excluding carboxylic acids is 2. The molecule has 0 saturated heterocycles. The summed E-state index contributed by atoms with van der Waals surface area (Å²) in [5, 5.41) is 2.83. The molecular weight excluding hydrogens is 457 g/mol. The van der Waals surface area contributed by atoms with E-state index < -0.39 is 34.3 Å². The lowest BCUT2D eigenvalue weighted by atomic mass is 10.1. The van der Waals surface area contributed by atoms with Crippen molar-refractivity contribution in [3.05, 3.63) is 65.0 Å². The van der Waals surface area contributed by atoms with Crippen LogP contribution in [0, 0.1) is 19.7 Å². The molecule has 186 valence electrons. The molecule has 7 nitrogen and oxygen atoms in total. The topological polar surface area (TPSA) is 86.8 Å². The molecule has 34 heavy (non-hydrogen) atoms. The van der Waals surface area contributed by atoms with Crippen LogP contribution < -0.4 is 9.62 Å². The maximum atomic E-state index is 13.6. The van der Waals surface area contributed by atoms with Gasteiger partial charge in [-0.1, -0.05) is 25.1 Å². The number of aryl methyl sites for hydroxylation is 2. The molecule has 0 fully saturated rings. The first kappa shape index (κ1) is 27.3. The van der Waals surface area contributed by atoms with E-state index in [1.807, 2.05) is 33.8 Å². The maximum absolute atomic E-state index is 13.6.